The molecular formula is C25H20ClN3O2. The largest absolute Gasteiger partial charge is 0.497 e. The Kier molecular flexibility index (Phi) is 4.75. The van der Waals surface area contributed by atoms with Gasteiger partial charge in [-0.15, -0.1) is 0 Å². The van der Waals surface area contributed by atoms with E-state index < -0.39 is 0 Å². The van der Waals surface area contributed by atoms with Gasteiger partial charge < -0.3 is 4.74 Å². The van der Waals surface area contributed by atoms with Gasteiger partial charge in [-0.25, -0.2) is 0 Å². The highest BCUT2D eigenvalue weighted by molar-refractivity contribution is 6.30. The fourth-order valence-electron chi connectivity index (χ4n) is 4.07. The van der Waals surface area contributed by atoms with Gasteiger partial charge in [0.1, 0.15) is 11.4 Å². The summed E-state index contributed by atoms with van der Waals surface area (Å²) in [5.74, 6) is 0.603. The maximum absolute atomic E-state index is 13.5. The summed E-state index contributed by atoms with van der Waals surface area (Å²) in [6, 6.07) is 22.9. The van der Waals surface area contributed by atoms with Crippen molar-refractivity contribution in [1.82, 2.24) is 10.2 Å². The summed E-state index contributed by atoms with van der Waals surface area (Å²) in [5, 5.41) is 8.13. The van der Waals surface area contributed by atoms with Crippen LogP contribution >= 0.6 is 11.6 Å². The number of H-pyrrole nitrogens is 1. The third-order valence-corrected chi connectivity index (χ3v) is 5.86. The maximum atomic E-state index is 13.5. The van der Waals surface area contributed by atoms with E-state index in [1.807, 2.05) is 67.6 Å². The van der Waals surface area contributed by atoms with Gasteiger partial charge in [0.15, 0.2) is 0 Å². The van der Waals surface area contributed by atoms with E-state index in [0.717, 1.165) is 33.8 Å². The van der Waals surface area contributed by atoms with Crippen molar-refractivity contribution in [2.75, 3.05) is 12.0 Å². The smallest absolute Gasteiger partial charge is 0.277 e. The molecule has 0 bridgehead atoms. The second-order valence-electron chi connectivity index (χ2n) is 7.56. The Morgan fingerprint density at radius 1 is 1.03 bits per heavy atom. The van der Waals surface area contributed by atoms with Crippen LogP contribution in [0.25, 0.3) is 11.3 Å². The Morgan fingerprint density at radius 2 is 1.77 bits per heavy atom. The van der Waals surface area contributed by atoms with Crippen LogP contribution in [0.4, 0.5) is 5.69 Å². The van der Waals surface area contributed by atoms with Crippen LogP contribution in [0.2, 0.25) is 5.02 Å². The summed E-state index contributed by atoms with van der Waals surface area (Å²) < 4.78 is 5.45. The maximum Gasteiger partial charge on any atom is 0.277 e. The normalized spacial score (nSPS) is 15.3. The SMILES string of the molecule is COc1cccc(C2c3c(-c4ccc(C)cc4)n[nH]c3C(=O)N2c2ccc(Cl)cc2)c1. The topological polar surface area (TPSA) is 58.2 Å². The van der Waals surface area contributed by atoms with E-state index in [0.29, 0.717) is 10.7 Å². The fourth-order valence-corrected chi connectivity index (χ4v) is 4.20. The van der Waals surface area contributed by atoms with Crippen LogP contribution in [0.3, 0.4) is 0 Å². The molecule has 1 aliphatic heterocycles. The third-order valence-electron chi connectivity index (χ3n) is 5.61. The van der Waals surface area contributed by atoms with Crippen LogP contribution in [0, 0.1) is 6.92 Å². The predicted molar refractivity (Wildman–Crippen MR) is 122 cm³/mol. The lowest BCUT2D eigenvalue weighted by molar-refractivity contribution is 0.0988. The molecule has 1 N–H and O–H groups in total. The van der Waals surface area contributed by atoms with Gasteiger partial charge in [-0.1, -0.05) is 53.6 Å². The molecule has 3 aromatic carbocycles. The van der Waals surface area contributed by atoms with Crippen LogP contribution in [-0.2, 0) is 0 Å². The average molecular weight is 430 g/mol. The van der Waals surface area contributed by atoms with Crippen molar-refractivity contribution in [3.05, 3.63) is 100 Å². The second kappa shape index (κ2) is 7.60. The van der Waals surface area contributed by atoms with E-state index in [1.165, 1.54) is 5.56 Å². The van der Waals surface area contributed by atoms with Crippen molar-refractivity contribution in [2.24, 2.45) is 0 Å². The van der Waals surface area contributed by atoms with Crippen LogP contribution < -0.4 is 9.64 Å². The highest BCUT2D eigenvalue weighted by Gasteiger charge is 2.43. The standard InChI is InChI=1S/C25H20ClN3O2/c1-15-6-8-16(9-7-15)22-21-23(28-27-22)25(30)29(19-12-10-18(26)11-13-19)24(21)17-4-3-5-20(14-17)31-2/h3-14,24H,1-2H3,(H,27,28). The average Bonchev–Trinajstić information content (AvgIpc) is 3.34. The molecule has 1 atom stereocenters. The second-order valence-corrected chi connectivity index (χ2v) is 7.99. The van der Waals surface area contributed by atoms with E-state index in [9.17, 15) is 4.79 Å². The first-order valence-electron chi connectivity index (χ1n) is 9.95. The first-order chi connectivity index (χ1) is 15.1. The summed E-state index contributed by atoms with van der Waals surface area (Å²) in [4.78, 5) is 15.3. The number of aromatic nitrogens is 2. The first kappa shape index (κ1) is 19.4. The molecule has 4 aromatic rings. The van der Waals surface area contributed by atoms with Crippen LogP contribution in [0.1, 0.15) is 33.2 Å². The van der Waals surface area contributed by atoms with Gasteiger partial charge in [0.2, 0.25) is 0 Å². The number of hydrogen-bond acceptors (Lipinski definition) is 3. The van der Waals surface area contributed by atoms with Crippen molar-refractivity contribution in [2.45, 2.75) is 13.0 Å². The number of carbonyl (C=O) groups excluding carboxylic acids is 1. The van der Waals surface area contributed by atoms with E-state index in [-0.39, 0.29) is 11.9 Å². The van der Waals surface area contributed by atoms with Gasteiger partial charge >= 0.3 is 0 Å². The number of fused-ring (bicyclic) bond motifs is 1. The number of nitrogens with zero attached hydrogens (tertiary/aromatic N) is 2. The van der Waals surface area contributed by atoms with E-state index in [2.05, 4.69) is 10.2 Å². The summed E-state index contributed by atoms with van der Waals surface area (Å²) in [7, 11) is 1.64. The minimum absolute atomic E-state index is 0.129. The molecule has 0 fully saturated rings. The molecule has 1 aliphatic rings. The number of amides is 1. The predicted octanol–water partition coefficient (Wildman–Crippen LogP) is 5.80. The summed E-state index contributed by atoms with van der Waals surface area (Å²) in [6.07, 6.45) is 0. The molecule has 0 saturated heterocycles. The van der Waals surface area contributed by atoms with Gasteiger partial charge in [0.25, 0.3) is 5.91 Å². The van der Waals surface area contributed by atoms with E-state index in [1.54, 1.807) is 24.1 Å². The molecule has 6 heteroatoms. The summed E-state index contributed by atoms with van der Waals surface area (Å²) in [5.41, 5.74) is 5.96. The number of aromatic amines is 1. The summed E-state index contributed by atoms with van der Waals surface area (Å²) >= 11 is 6.10. The Hall–Kier alpha value is -3.57. The number of aryl methyl sites for hydroxylation is 1. The molecule has 0 radical (unpaired) electrons. The molecule has 0 saturated carbocycles. The quantitative estimate of drug-likeness (QED) is 0.446. The zero-order chi connectivity index (χ0) is 21.5. The number of ether oxygens (including phenoxy) is 1. The third kappa shape index (κ3) is 3.27. The molecule has 2 heterocycles. The molecule has 1 amide bonds. The Morgan fingerprint density at radius 3 is 2.48 bits per heavy atom. The highest BCUT2D eigenvalue weighted by Crippen LogP contribution is 2.45. The molecular weight excluding hydrogens is 410 g/mol. The zero-order valence-electron chi connectivity index (χ0n) is 17.1. The fraction of sp³-hybridized carbons (Fsp3) is 0.120. The number of hydrogen-bond donors (Lipinski definition) is 1. The zero-order valence-corrected chi connectivity index (χ0v) is 17.9. The monoisotopic (exact) mass is 429 g/mol. The van der Waals surface area contributed by atoms with Crippen molar-refractivity contribution in [3.63, 3.8) is 0 Å². The van der Waals surface area contributed by atoms with Crippen LogP contribution in [0.15, 0.2) is 72.8 Å². The highest BCUT2D eigenvalue weighted by atomic mass is 35.5. The molecule has 31 heavy (non-hydrogen) atoms. The molecule has 1 unspecified atom stereocenters. The number of anilines is 1. The minimum Gasteiger partial charge on any atom is -0.497 e. The molecule has 0 spiro atoms. The summed E-state index contributed by atoms with van der Waals surface area (Å²) in [6.45, 7) is 2.05. The van der Waals surface area contributed by atoms with Crippen molar-refractivity contribution >= 4 is 23.2 Å². The lowest BCUT2D eigenvalue weighted by atomic mass is 9.95. The first-order valence-corrected chi connectivity index (χ1v) is 10.3. The van der Waals surface area contributed by atoms with Crippen molar-refractivity contribution in [1.29, 1.82) is 0 Å². The van der Waals surface area contributed by atoms with Gasteiger partial charge in [-0.05, 0) is 48.9 Å². The van der Waals surface area contributed by atoms with Crippen molar-refractivity contribution in [3.8, 4) is 17.0 Å². The van der Waals surface area contributed by atoms with Crippen LogP contribution in [0.5, 0.6) is 5.75 Å². The van der Waals surface area contributed by atoms with E-state index in [4.69, 9.17) is 16.3 Å². The molecule has 0 aliphatic carbocycles. The minimum atomic E-state index is -0.353. The van der Waals surface area contributed by atoms with Gasteiger partial charge in [0, 0.05) is 21.8 Å². The molecule has 154 valence electrons. The Bertz CT molecular complexity index is 1260. The lowest BCUT2D eigenvalue weighted by Gasteiger charge is -2.26. The molecule has 1 aromatic heterocycles. The number of nitrogens with one attached hydrogen (secondary N) is 1. The Balaban J connectivity index is 1.72. The van der Waals surface area contributed by atoms with E-state index >= 15 is 0 Å². The van der Waals surface area contributed by atoms with Crippen LogP contribution in [-0.4, -0.2) is 23.2 Å². The van der Waals surface area contributed by atoms with Gasteiger partial charge in [-0.2, -0.15) is 5.10 Å². The number of carbonyl (C=O) groups is 1. The lowest BCUT2D eigenvalue weighted by Crippen LogP contribution is -2.29. The van der Waals surface area contributed by atoms with Crippen molar-refractivity contribution < 1.29 is 9.53 Å². The number of halogens is 1. The number of benzene rings is 3. The number of methoxy groups -OCH3 is 1. The molecule has 5 nitrogen and oxygen atoms in total. The Labute approximate surface area is 185 Å². The number of rotatable bonds is 4. The van der Waals surface area contributed by atoms with Gasteiger partial charge in [0.05, 0.1) is 18.8 Å². The molecule has 5 rings (SSSR count). The van der Waals surface area contributed by atoms with Gasteiger partial charge in [-0.3, -0.25) is 14.8 Å².